The number of rotatable bonds is 2. The van der Waals surface area contributed by atoms with Crippen LogP contribution in [0.5, 0.6) is 5.75 Å². The zero-order chi connectivity index (χ0) is 14.0. The van der Waals surface area contributed by atoms with Crippen LogP contribution in [0.25, 0.3) is 0 Å². The van der Waals surface area contributed by atoms with Crippen LogP contribution in [0.4, 0.5) is 0 Å². The average Bonchev–Trinajstić information content (AvgIpc) is 2.37. The lowest BCUT2D eigenvalue weighted by Gasteiger charge is -2.38. The Morgan fingerprint density at radius 1 is 1.32 bits per heavy atom. The van der Waals surface area contributed by atoms with Gasteiger partial charge in [0.1, 0.15) is 5.75 Å². The highest BCUT2D eigenvalue weighted by atomic mass is 16.3. The molecule has 1 amide bonds. The molecule has 4 heteroatoms. The molecular weight excluding hydrogens is 240 g/mol. The molecule has 0 radical (unpaired) electrons. The Kier molecular flexibility index (Phi) is 4.10. The van der Waals surface area contributed by atoms with Crippen molar-refractivity contribution in [3.63, 3.8) is 0 Å². The van der Waals surface area contributed by atoms with E-state index in [1.165, 1.54) is 6.42 Å². The van der Waals surface area contributed by atoms with Crippen LogP contribution in [-0.4, -0.2) is 28.1 Å². The summed E-state index contributed by atoms with van der Waals surface area (Å²) in [4.78, 5) is 12.2. The van der Waals surface area contributed by atoms with Crippen LogP contribution in [0.15, 0.2) is 18.2 Å². The van der Waals surface area contributed by atoms with E-state index in [0.29, 0.717) is 23.2 Å². The van der Waals surface area contributed by atoms with Gasteiger partial charge in [-0.25, -0.2) is 5.01 Å². The second kappa shape index (κ2) is 5.61. The molecule has 1 aliphatic rings. The topological polar surface area (TPSA) is 52.6 Å². The summed E-state index contributed by atoms with van der Waals surface area (Å²) < 4.78 is 0. The van der Waals surface area contributed by atoms with Gasteiger partial charge in [-0.3, -0.25) is 10.2 Å². The summed E-state index contributed by atoms with van der Waals surface area (Å²) in [6.45, 7) is 6.06. The standard InChI is InChI=1S/C15H22N2O2/c1-10-9-13(7-8-14(10)18)15(19)16-17-11(2)5-4-6-12(17)3/h7-9,11-12,18H,4-6H2,1-3H3,(H,16,19). The molecule has 1 fully saturated rings. The molecule has 1 saturated heterocycles. The summed E-state index contributed by atoms with van der Waals surface area (Å²) >= 11 is 0. The van der Waals surface area contributed by atoms with Crippen LogP contribution in [0.3, 0.4) is 0 Å². The fraction of sp³-hybridized carbons (Fsp3) is 0.533. The predicted molar refractivity (Wildman–Crippen MR) is 74.9 cm³/mol. The highest BCUT2D eigenvalue weighted by Gasteiger charge is 2.26. The molecule has 0 spiro atoms. The highest BCUT2D eigenvalue weighted by molar-refractivity contribution is 5.94. The number of amides is 1. The van der Waals surface area contributed by atoms with Gasteiger partial charge >= 0.3 is 0 Å². The monoisotopic (exact) mass is 262 g/mol. The van der Waals surface area contributed by atoms with Gasteiger partial charge < -0.3 is 5.11 Å². The largest absolute Gasteiger partial charge is 0.508 e. The number of phenolic OH excluding ortho intramolecular Hbond substituents is 1. The van der Waals surface area contributed by atoms with E-state index in [4.69, 9.17) is 0 Å². The lowest BCUT2D eigenvalue weighted by molar-refractivity contribution is 0.0369. The molecule has 1 heterocycles. The Morgan fingerprint density at radius 2 is 1.95 bits per heavy atom. The van der Waals surface area contributed by atoms with Crippen LogP contribution < -0.4 is 5.43 Å². The third kappa shape index (κ3) is 3.07. The number of piperidine rings is 1. The van der Waals surface area contributed by atoms with Crippen molar-refractivity contribution >= 4 is 5.91 Å². The number of carbonyl (C=O) groups is 1. The molecule has 0 bridgehead atoms. The van der Waals surface area contributed by atoms with Crippen molar-refractivity contribution in [3.8, 4) is 5.75 Å². The molecule has 1 aliphatic heterocycles. The van der Waals surface area contributed by atoms with Gasteiger partial charge in [0.15, 0.2) is 0 Å². The summed E-state index contributed by atoms with van der Waals surface area (Å²) in [5.41, 5.74) is 4.29. The summed E-state index contributed by atoms with van der Waals surface area (Å²) in [7, 11) is 0. The Bertz CT molecular complexity index is 463. The van der Waals surface area contributed by atoms with Gasteiger partial charge in [0.2, 0.25) is 0 Å². The number of aryl methyl sites for hydroxylation is 1. The zero-order valence-electron chi connectivity index (χ0n) is 11.8. The van der Waals surface area contributed by atoms with Crippen molar-refractivity contribution in [2.24, 2.45) is 0 Å². The average molecular weight is 262 g/mol. The smallest absolute Gasteiger partial charge is 0.265 e. The summed E-state index contributed by atoms with van der Waals surface area (Å²) in [6.07, 6.45) is 3.44. The fourth-order valence-electron chi connectivity index (χ4n) is 2.62. The Balaban J connectivity index is 2.09. The van der Waals surface area contributed by atoms with Crippen molar-refractivity contribution in [1.82, 2.24) is 10.4 Å². The van der Waals surface area contributed by atoms with E-state index < -0.39 is 0 Å². The molecule has 19 heavy (non-hydrogen) atoms. The third-order valence-corrected chi connectivity index (χ3v) is 3.88. The maximum atomic E-state index is 12.2. The lowest BCUT2D eigenvalue weighted by atomic mass is 10.00. The first kappa shape index (κ1) is 13.9. The maximum absolute atomic E-state index is 12.2. The van der Waals surface area contributed by atoms with Gasteiger partial charge in [-0.15, -0.1) is 0 Å². The minimum absolute atomic E-state index is 0.108. The summed E-state index contributed by atoms with van der Waals surface area (Å²) in [5, 5.41) is 11.5. The van der Waals surface area contributed by atoms with Crippen molar-refractivity contribution in [1.29, 1.82) is 0 Å². The van der Waals surface area contributed by atoms with Gasteiger partial charge in [0.05, 0.1) is 0 Å². The minimum Gasteiger partial charge on any atom is -0.508 e. The van der Waals surface area contributed by atoms with E-state index in [1.54, 1.807) is 25.1 Å². The number of nitrogens with one attached hydrogen (secondary N) is 1. The first-order valence-electron chi connectivity index (χ1n) is 6.88. The zero-order valence-corrected chi connectivity index (χ0v) is 11.8. The van der Waals surface area contributed by atoms with Gasteiger partial charge in [0, 0.05) is 17.6 Å². The van der Waals surface area contributed by atoms with Crippen LogP contribution >= 0.6 is 0 Å². The van der Waals surface area contributed by atoms with Crippen molar-refractivity contribution < 1.29 is 9.90 Å². The van der Waals surface area contributed by atoms with Crippen molar-refractivity contribution in [2.45, 2.75) is 52.1 Å². The normalized spacial score (nSPS) is 24.2. The quantitative estimate of drug-likeness (QED) is 0.861. The fourth-order valence-corrected chi connectivity index (χ4v) is 2.62. The number of carbonyl (C=O) groups excluding carboxylic acids is 1. The van der Waals surface area contributed by atoms with E-state index in [2.05, 4.69) is 19.3 Å². The molecule has 104 valence electrons. The molecule has 0 aliphatic carbocycles. The molecule has 0 saturated carbocycles. The molecule has 2 N–H and O–H groups in total. The van der Waals surface area contributed by atoms with Gasteiger partial charge in [-0.05, 0) is 57.4 Å². The second-order valence-corrected chi connectivity index (χ2v) is 5.48. The highest BCUT2D eigenvalue weighted by Crippen LogP contribution is 2.21. The van der Waals surface area contributed by atoms with Crippen molar-refractivity contribution in [3.05, 3.63) is 29.3 Å². The first-order valence-corrected chi connectivity index (χ1v) is 6.88. The third-order valence-electron chi connectivity index (χ3n) is 3.88. The van der Waals surface area contributed by atoms with E-state index in [1.807, 2.05) is 5.01 Å². The van der Waals surface area contributed by atoms with Crippen LogP contribution in [0.1, 0.15) is 49.0 Å². The van der Waals surface area contributed by atoms with Crippen LogP contribution in [0, 0.1) is 6.92 Å². The molecule has 2 atom stereocenters. The SMILES string of the molecule is Cc1cc(C(=O)NN2C(C)CCCC2C)ccc1O. The van der Waals surface area contributed by atoms with E-state index in [0.717, 1.165) is 12.8 Å². The Hall–Kier alpha value is -1.55. The van der Waals surface area contributed by atoms with E-state index in [-0.39, 0.29) is 11.7 Å². The molecular formula is C15H22N2O2. The second-order valence-electron chi connectivity index (χ2n) is 5.48. The molecule has 2 rings (SSSR count). The van der Waals surface area contributed by atoms with Crippen LogP contribution in [-0.2, 0) is 0 Å². The number of nitrogens with zero attached hydrogens (tertiary/aromatic N) is 1. The number of hydrogen-bond donors (Lipinski definition) is 2. The molecule has 1 aromatic carbocycles. The van der Waals surface area contributed by atoms with Crippen molar-refractivity contribution in [2.75, 3.05) is 0 Å². The van der Waals surface area contributed by atoms with Gasteiger partial charge in [-0.2, -0.15) is 0 Å². The molecule has 4 nitrogen and oxygen atoms in total. The number of benzene rings is 1. The number of aromatic hydroxyl groups is 1. The van der Waals surface area contributed by atoms with E-state index in [9.17, 15) is 9.90 Å². The number of phenols is 1. The van der Waals surface area contributed by atoms with Crippen LogP contribution in [0.2, 0.25) is 0 Å². The minimum atomic E-state index is -0.108. The molecule has 2 unspecified atom stereocenters. The molecule has 1 aromatic rings. The maximum Gasteiger partial charge on any atom is 0.265 e. The predicted octanol–water partition coefficient (Wildman–Crippen LogP) is 2.61. The Morgan fingerprint density at radius 3 is 2.53 bits per heavy atom. The van der Waals surface area contributed by atoms with E-state index >= 15 is 0 Å². The summed E-state index contributed by atoms with van der Waals surface area (Å²) in [5.74, 6) is 0.111. The lowest BCUT2D eigenvalue weighted by Crippen LogP contribution is -2.54. The van der Waals surface area contributed by atoms with Gasteiger partial charge in [-0.1, -0.05) is 6.42 Å². The summed E-state index contributed by atoms with van der Waals surface area (Å²) in [6, 6.07) is 5.66. The molecule has 0 aromatic heterocycles. The van der Waals surface area contributed by atoms with Gasteiger partial charge in [0.25, 0.3) is 5.91 Å². The Labute approximate surface area is 114 Å². The number of hydrogen-bond acceptors (Lipinski definition) is 3. The number of hydrazine groups is 1. The first-order chi connectivity index (χ1) is 8.99.